The van der Waals surface area contributed by atoms with Crippen LogP contribution in [-0.2, 0) is 6.18 Å². The van der Waals surface area contributed by atoms with E-state index in [2.05, 4.69) is 9.97 Å². The summed E-state index contributed by atoms with van der Waals surface area (Å²) in [6.07, 6.45) is -1.39. The predicted octanol–water partition coefficient (Wildman–Crippen LogP) is 3.29. The van der Waals surface area contributed by atoms with Crippen molar-refractivity contribution < 1.29 is 13.2 Å². The van der Waals surface area contributed by atoms with Crippen molar-refractivity contribution in [3.05, 3.63) is 30.2 Å². The smallest absolute Gasteiger partial charge is 0.368 e. The first kappa shape index (κ1) is 12.8. The molecule has 0 amide bonds. The molecule has 2 rings (SSSR count). The molecule has 3 nitrogen and oxygen atoms in total. The van der Waals surface area contributed by atoms with Gasteiger partial charge in [-0.25, -0.2) is 4.98 Å². The molecule has 0 N–H and O–H groups in total. The molecule has 0 radical (unpaired) electrons. The number of hydrogen-bond acceptors (Lipinski definition) is 4. The number of alkyl halides is 3. The van der Waals surface area contributed by atoms with Crippen LogP contribution in [0, 0.1) is 0 Å². The Morgan fingerprint density at radius 1 is 1.28 bits per heavy atom. The maximum absolute atomic E-state index is 12.8. The lowest BCUT2D eigenvalue weighted by Crippen LogP contribution is -2.14. The van der Waals surface area contributed by atoms with Gasteiger partial charge in [-0.15, -0.1) is 0 Å². The molecule has 7 heteroatoms. The molecule has 2 aromatic rings. The molecule has 0 aliphatic carbocycles. The zero-order chi connectivity index (χ0) is 13.3. The lowest BCUT2D eigenvalue weighted by molar-refractivity contribution is -0.140. The summed E-state index contributed by atoms with van der Waals surface area (Å²) >= 11 is 1.00. The predicted molar refractivity (Wildman–Crippen MR) is 64.7 cm³/mol. The first-order valence-corrected chi connectivity index (χ1v) is 5.87. The van der Waals surface area contributed by atoms with Crippen LogP contribution in [0.15, 0.2) is 24.5 Å². The Morgan fingerprint density at radius 3 is 2.44 bits per heavy atom. The SMILES string of the molecule is CN(C)c1sc(-c2cccnc2)nc1C(F)(F)F. The average Bonchev–Trinajstić information content (AvgIpc) is 2.74. The van der Waals surface area contributed by atoms with Crippen LogP contribution in [0.1, 0.15) is 5.69 Å². The van der Waals surface area contributed by atoms with Crippen LogP contribution < -0.4 is 4.90 Å². The van der Waals surface area contributed by atoms with E-state index in [-0.39, 0.29) is 5.00 Å². The Hall–Kier alpha value is -1.63. The minimum Gasteiger partial charge on any atom is -0.368 e. The number of rotatable bonds is 2. The van der Waals surface area contributed by atoms with Crippen molar-refractivity contribution in [3.8, 4) is 10.6 Å². The van der Waals surface area contributed by atoms with Crippen LogP contribution in [0.2, 0.25) is 0 Å². The van der Waals surface area contributed by atoms with Gasteiger partial charge >= 0.3 is 6.18 Å². The van der Waals surface area contributed by atoms with Crippen LogP contribution >= 0.6 is 11.3 Å². The number of nitrogens with zero attached hydrogens (tertiary/aromatic N) is 3. The number of anilines is 1. The summed E-state index contributed by atoms with van der Waals surface area (Å²) in [6.45, 7) is 0. The van der Waals surface area contributed by atoms with Gasteiger partial charge in [0.05, 0.1) is 0 Å². The van der Waals surface area contributed by atoms with Crippen LogP contribution in [0.5, 0.6) is 0 Å². The van der Waals surface area contributed by atoms with Gasteiger partial charge in [0.15, 0.2) is 5.69 Å². The largest absolute Gasteiger partial charge is 0.436 e. The Bertz CT molecular complexity index is 534. The van der Waals surface area contributed by atoms with Crippen LogP contribution in [-0.4, -0.2) is 24.1 Å². The van der Waals surface area contributed by atoms with E-state index in [1.54, 1.807) is 32.4 Å². The minimum absolute atomic E-state index is 0.0985. The maximum atomic E-state index is 12.8. The molecule has 96 valence electrons. The fraction of sp³-hybridized carbons (Fsp3) is 0.273. The van der Waals surface area contributed by atoms with Crippen LogP contribution in [0.25, 0.3) is 10.6 Å². The fourth-order valence-electron chi connectivity index (χ4n) is 1.41. The molecule has 18 heavy (non-hydrogen) atoms. The highest BCUT2D eigenvalue weighted by Gasteiger charge is 2.38. The maximum Gasteiger partial charge on any atom is 0.436 e. The van der Waals surface area contributed by atoms with Gasteiger partial charge in [-0.1, -0.05) is 11.3 Å². The summed E-state index contributed by atoms with van der Waals surface area (Å²) in [5, 5.41) is 0.417. The van der Waals surface area contributed by atoms with Crippen molar-refractivity contribution >= 4 is 16.3 Å². The molecule has 0 fully saturated rings. The van der Waals surface area contributed by atoms with Gasteiger partial charge < -0.3 is 4.90 Å². The average molecular weight is 273 g/mol. The molecule has 0 aliphatic rings. The number of aromatic nitrogens is 2. The molecule has 0 unspecified atom stereocenters. The van der Waals surface area contributed by atoms with Crippen molar-refractivity contribution in [2.24, 2.45) is 0 Å². The highest BCUT2D eigenvalue weighted by molar-refractivity contribution is 7.19. The van der Waals surface area contributed by atoms with Crippen molar-refractivity contribution in [3.63, 3.8) is 0 Å². The second-order valence-electron chi connectivity index (χ2n) is 3.81. The van der Waals surface area contributed by atoms with Crippen LogP contribution in [0.4, 0.5) is 18.2 Å². The Labute approximate surface area is 106 Å². The van der Waals surface area contributed by atoms with Gasteiger partial charge in [-0.05, 0) is 12.1 Å². The monoisotopic (exact) mass is 273 g/mol. The van der Waals surface area contributed by atoms with Gasteiger partial charge in [0.2, 0.25) is 0 Å². The molecule has 0 spiro atoms. The quantitative estimate of drug-likeness (QED) is 0.840. The summed E-state index contributed by atoms with van der Waals surface area (Å²) in [5.41, 5.74) is -0.266. The van der Waals surface area contributed by atoms with E-state index in [1.165, 1.54) is 11.1 Å². The second kappa shape index (κ2) is 4.56. The summed E-state index contributed by atoms with van der Waals surface area (Å²) in [4.78, 5) is 8.98. The van der Waals surface area contributed by atoms with E-state index in [4.69, 9.17) is 0 Å². The van der Waals surface area contributed by atoms with E-state index in [1.807, 2.05) is 0 Å². The zero-order valence-corrected chi connectivity index (χ0v) is 10.5. The lowest BCUT2D eigenvalue weighted by atomic mass is 10.3. The lowest BCUT2D eigenvalue weighted by Gasteiger charge is -2.12. The van der Waals surface area contributed by atoms with E-state index >= 15 is 0 Å². The zero-order valence-electron chi connectivity index (χ0n) is 9.69. The molecule has 2 heterocycles. The Balaban J connectivity index is 2.53. The topological polar surface area (TPSA) is 29.0 Å². The highest BCUT2D eigenvalue weighted by atomic mass is 32.1. The molecule has 2 aromatic heterocycles. The Kier molecular flexibility index (Phi) is 3.25. The van der Waals surface area contributed by atoms with Gasteiger partial charge in [0.1, 0.15) is 10.0 Å². The van der Waals surface area contributed by atoms with Gasteiger partial charge in [-0.2, -0.15) is 13.2 Å². The second-order valence-corrected chi connectivity index (χ2v) is 4.78. The van der Waals surface area contributed by atoms with Crippen molar-refractivity contribution in [2.75, 3.05) is 19.0 Å². The van der Waals surface area contributed by atoms with Gasteiger partial charge in [-0.3, -0.25) is 4.98 Å². The highest BCUT2D eigenvalue weighted by Crippen LogP contribution is 2.41. The number of hydrogen-bond donors (Lipinski definition) is 0. The van der Waals surface area contributed by atoms with E-state index in [9.17, 15) is 13.2 Å². The number of pyridine rings is 1. The summed E-state index contributed by atoms with van der Waals surface area (Å²) in [6, 6.07) is 3.35. The van der Waals surface area contributed by atoms with Crippen molar-refractivity contribution in [2.45, 2.75) is 6.18 Å². The normalized spacial score (nSPS) is 11.6. The first-order chi connectivity index (χ1) is 8.39. The molecular formula is C11H10F3N3S. The molecule has 0 bridgehead atoms. The molecule has 0 aromatic carbocycles. The minimum atomic E-state index is -4.45. The van der Waals surface area contributed by atoms with Gasteiger partial charge in [0.25, 0.3) is 0 Å². The molecule has 0 aliphatic heterocycles. The van der Waals surface area contributed by atoms with E-state index in [0.717, 1.165) is 11.3 Å². The number of halogens is 3. The molecule has 0 saturated carbocycles. The first-order valence-electron chi connectivity index (χ1n) is 5.05. The molecule has 0 atom stereocenters. The van der Waals surface area contributed by atoms with Crippen molar-refractivity contribution in [1.29, 1.82) is 0 Å². The third kappa shape index (κ3) is 2.45. The molecular weight excluding hydrogens is 263 g/mol. The standard InChI is InChI=1S/C11H10F3N3S/c1-17(2)10-8(11(12,13)14)16-9(18-10)7-4-3-5-15-6-7/h3-6H,1-2H3. The third-order valence-corrected chi connectivity index (χ3v) is 3.46. The van der Waals surface area contributed by atoms with E-state index < -0.39 is 11.9 Å². The van der Waals surface area contributed by atoms with Crippen molar-refractivity contribution in [1.82, 2.24) is 9.97 Å². The van der Waals surface area contributed by atoms with E-state index in [0.29, 0.717) is 10.6 Å². The number of thiazole rings is 1. The third-order valence-electron chi connectivity index (χ3n) is 2.19. The summed E-state index contributed by atoms with van der Waals surface area (Å²) in [5.74, 6) is 0. The van der Waals surface area contributed by atoms with Crippen LogP contribution in [0.3, 0.4) is 0 Å². The summed E-state index contributed by atoms with van der Waals surface area (Å²) in [7, 11) is 3.13. The fourth-order valence-corrected chi connectivity index (χ4v) is 2.41. The Morgan fingerprint density at radius 2 is 2.00 bits per heavy atom. The molecule has 0 saturated heterocycles. The van der Waals surface area contributed by atoms with Gasteiger partial charge in [0, 0.05) is 32.1 Å². The summed E-state index contributed by atoms with van der Waals surface area (Å²) < 4.78 is 38.5.